The molecule has 0 aromatic carbocycles. The highest BCUT2D eigenvalue weighted by atomic mass is 16.5. The normalized spacial score (nSPS) is 26.5. The summed E-state index contributed by atoms with van der Waals surface area (Å²) in [6, 6.07) is 3.89. The van der Waals surface area contributed by atoms with E-state index in [0.29, 0.717) is 38.6 Å². The number of aryl methyl sites for hydroxylation is 1. The van der Waals surface area contributed by atoms with Crippen molar-refractivity contribution >= 4 is 11.8 Å². The van der Waals surface area contributed by atoms with Crippen LogP contribution in [0.3, 0.4) is 0 Å². The van der Waals surface area contributed by atoms with E-state index < -0.39 is 0 Å². The zero-order valence-corrected chi connectivity index (χ0v) is 16.4. The first-order valence-electron chi connectivity index (χ1n) is 10.2. The largest absolute Gasteiger partial charge is 0.471 e. The maximum atomic E-state index is 13.1. The summed E-state index contributed by atoms with van der Waals surface area (Å²) in [6.07, 6.45) is 3.74. The Balaban J connectivity index is 1.33. The third-order valence-corrected chi connectivity index (χ3v) is 5.89. The molecule has 4 rings (SSSR count). The fourth-order valence-corrected chi connectivity index (χ4v) is 4.36. The molecular weight excluding hydrogens is 360 g/mol. The van der Waals surface area contributed by atoms with Gasteiger partial charge in [0, 0.05) is 44.8 Å². The SMILES string of the molecule is Cc1ccc(O[C@H]2CCCN(C(=O)[C@H]3CC(=O)N(C4CCOCC4)C3)C2)nn1. The number of piperidine rings is 1. The molecular formula is C20H28N4O4. The van der Waals surface area contributed by atoms with E-state index in [2.05, 4.69) is 10.2 Å². The molecule has 4 heterocycles. The van der Waals surface area contributed by atoms with Crippen molar-refractivity contribution in [2.75, 3.05) is 32.8 Å². The molecule has 3 saturated heterocycles. The molecule has 28 heavy (non-hydrogen) atoms. The third-order valence-electron chi connectivity index (χ3n) is 5.89. The quantitative estimate of drug-likeness (QED) is 0.770. The summed E-state index contributed by atoms with van der Waals surface area (Å²) in [4.78, 5) is 29.3. The Hall–Kier alpha value is -2.22. The van der Waals surface area contributed by atoms with Gasteiger partial charge < -0.3 is 19.3 Å². The van der Waals surface area contributed by atoms with Crippen LogP contribution >= 0.6 is 0 Å². The van der Waals surface area contributed by atoms with Crippen molar-refractivity contribution in [1.29, 1.82) is 0 Å². The molecule has 8 heteroatoms. The van der Waals surface area contributed by atoms with E-state index in [9.17, 15) is 9.59 Å². The maximum Gasteiger partial charge on any atom is 0.233 e. The molecule has 3 aliphatic rings. The van der Waals surface area contributed by atoms with E-state index in [0.717, 1.165) is 37.9 Å². The van der Waals surface area contributed by atoms with Crippen molar-refractivity contribution in [3.63, 3.8) is 0 Å². The summed E-state index contributed by atoms with van der Waals surface area (Å²) < 4.78 is 11.3. The van der Waals surface area contributed by atoms with Crippen LogP contribution in [-0.4, -0.2) is 76.8 Å². The van der Waals surface area contributed by atoms with Crippen molar-refractivity contribution < 1.29 is 19.1 Å². The van der Waals surface area contributed by atoms with Crippen molar-refractivity contribution in [2.24, 2.45) is 5.92 Å². The van der Waals surface area contributed by atoms with Gasteiger partial charge in [-0.3, -0.25) is 9.59 Å². The average Bonchev–Trinajstić information content (AvgIpc) is 3.12. The van der Waals surface area contributed by atoms with Gasteiger partial charge in [-0.1, -0.05) is 0 Å². The van der Waals surface area contributed by atoms with Gasteiger partial charge in [-0.25, -0.2) is 0 Å². The van der Waals surface area contributed by atoms with Crippen LogP contribution in [0.4, 0.5) is 0 Å². The Kier molecular flexibility index (Phi) is 5.75. The molecule has 0 spiro atoms. The van der Waals surface area contributed by atoms with Crippen LogP contribution in [0.1, 0.15) is 37.8 Å². The Labute approximate surface area is 165 Å². The molecule has 2 amide bonds. The smallest absolute Gasteiger partial charge is 0.233 e. The second-order valence-electron chi connectivity index (χ2n) is 7.97. The number of carbonyl (C=O) groups excluding carboxylic acids is 2. The highest BCUT2D eigenvalue weighted by molar-refractivity contribution is 5.89. The zero-order valence-electron chi connectivity index (χ0n) is 16.4. The number of nitrogens with zero attached hydrogens (tertiary/aromatic N) is 4. The number of carbonyl (C=O) groups is 2. The lowest BCUT2D eigenvalue weighted by Gasteiger charge is -2.34. The van der Waals surface area contributed by atoms with Gasteiger partial charge in [0.2, 0.25) is 17.7 Å². The molecule has 0 aliphatic carbocycles. The summed E-state index contributed by atoms with van der Waals surface area (Å²) in [5.41, 5.74) is 0.841. The number of hydrogen-bond donors (Lipinski definition) is 0. The van der Waals surface area contributed by atoms with Crippen molar-refractivity contribution in [3.8, 4) is 5.88 Å². The maximum absolute atomic E-state index is 13.1. The molecule has 1 aromatic rings. The Morgan fingerprint density at radius 3 is 2.75 bits per heavy atom. The monoisotopic (exact) mass is 388 g/mol. The fourth-order valence-electron chi connectivity index (χ4n) is 4.36. The molecule has 152 valence electrons. The van der Waals surface area contributed by atoms with Crippen molar-refractivity contribution in [1.82, 2.24) is 20.0 Å². The van der Waals surface area contributed by atoms with Gasteiger partial charge in [-0.15, -0.1) is 5.10 Å². The van der Waals surface area contributed by atoms with Gasteiger partial charge in [0.1, 0.15) is 6.10 Å². The Morgan fingerprint density at radius 1 is 1.18 bits per heavy atom. The van der Waals surface area contributed by atoms with Gasteiger partial charge in [-0.05, 0) is 38.7 Å². The number of aromatic nitrogens is 2. The lowest BCUT2D eigenvalue weighted by Crippen LogP contribution is -2.47. The molecule has 0 N–H and O–H groups in total. The molecule has 0 bridgehead atoms. The number of amides is 2. The average molecular weight is 388 g/mol. The standard InChI is InChI=1S/C20H28N4O4/c1-14-4-5-18(22-21-14)28-17-3-2-8-23(13-17)20(26)15-11-19(25)24(12-15)16-6-9-27-10-7-16/h4-5,15-17H,2-3,6-13H2,1H3/t15-,17-/m0/s1. The van der Waals surface area contributed by atoms with Gasteiger partial charge in [0.25, 0.3) is 0 Å². The van der Waals surface area contributed by atoms with Gasteiger partial charge in [-0.2, -0.15) is 5.10 Å². The zero-order chi connectivity index (χ0) is 19.5. The number of ether oxygens (including phenoxy) is 2. The van der Waals surface area contributed by atoms with E-state index in [1.54, 1.807) is 0 Å². The summed E-state index contributed by atoms with van der Waals surface area (Å²) in [5.74, 6) is 0.427. The predicted molar refractivity (Wildman–Crippen MR) is 101 cm³/mol. The van der Waals surface area contributed by atoms with E-state index in [-0.39, 0.29) is 29.9 Å². The highest BCUT2D eigenvalue weighted by Crippen LogP contribution is 2.27. The summed E-state index contributed by atoms with van der Waals surface area (Å²) in [5, 5.41) is 8.07. The van der Waals surface area contributed by atoms with Crippen LogP contribution in [0.2, 0.25) is 0 Å². The van der Waals surface area contributed by atoms with Crippen LogP contribution in [0, 0.1) is 12.8 Å². The van der Waals surface area contributed by atoms with E-state index in [4.69, 9.17) is 9.47 Å². The summed E-state index contributed by atoms with van der Waals surface area (Å²) >= 11 is 0. The summed E-state index contributed by atoms with van der Waals surface area (Å²) in [6.45, 7) is 5.06. The fraction of sp³-hybridized carbons (Fsp3) is 0.700. The Morgan fingerprint density at radius 2 is 2.00 bits per heavy atom. The first-order chi connectivity index (χ1) is 13.6. The van der Waals surface area contributed by atoms with Gasteiger partial charge in [0.15, 0.2) is 0 Å². The van der Waals surface area contributed by atoms with Crippen LogP contribution in [-0.2, 0) is 14.3 Å². The molecule has 8 nitrogen and oxygen atoms in total. The minimum Gasteiger partial charge on any atom is -0.471 e. The molecule has 0 saturated carbocycles. The minimum absolute atomic E-state index is 0.0752. The number of likely N-dealkylation sites (tertiary alicyclic amines) is 2. The molecule has 0 unspecified atom stereocenters. The summed E-state index contributed by atoms with van der Waals surface area (Å²) in [7, 11) is 0. The van der Waals surface area contributed by atoms with E-state index in [1.165, 1.54) is 0 Å². The van der Waals surface area contributed by atoms with Crippen LogP contribution in [0.15, 0.2) is 12.1 Å². The second-order valence-corrected chi connectivity index (χ2v) is 7.97. The predicted octanol–water partition coefficient (Wildman–Crippen LogP) is 1.18. The van der Waals surface area contributed by atoms with E-state index >= 15 is 0 Å². The second kappa shape index (κ2) is 8.43. The number of rotatable bonds is 4. The molecule has 3 fully saturated rings. The lowest BCUT2D eigenvalue weighted by atomic mass is 10.0. The first kappa shape index (κ1) is 19.1. The van der Waals surface area contributed by atoms with Crippen molar-refractivity contribution in [2.45, 2.75) is 51.2 Å². The van der Waals surface area contributed by atoms with Gasteiger partial charge in [0.05, 0.1) is 18.2 Å². The molecule has 1 aromatic heterocycles. The molecule has 2 atom stereocenters. The van der Waals surface area contributed by atoms with E-state index in [1.807, 2.05) is 28.9 Å². The third kappa shape index (κ3) is 4.27. The first-order valence-corrected chi connectivity index (χ1v) is 10.2. The van der Waals surface area contributed by atoms with Crippen LogP contribution in [0.5, 0.6) is 5.88 Å². The molecule has 3 aliphatic heterocycles. The Bertz CT molecular complexity index is 705. The molecule has 0 radical (unpaired) electrons. The highest BCUT2D eigenvalue weighted by Gasteiger charge is 2.40. The van der Waals surface area contributed by atoms with Crippen molar-refractivity contribution in [3.05, 3.63) is 17.8 Å². The minimum atomic E-state index is -0.242. The van der Waals surface area contributed by atoms with Gasteiger partial charge >= 0.3 is 0 Å². The topological polar surface area (TPSA) is 84.9 Å². The lowest BCUT2D eigenvalue weighted by molar-refractivity contribution is -0.138. The van der Waals surface area contributed by atoms with Crippen LogP contribution in [0.25, 0.3) is 0 Å². The van der Waals surface area contributed by atoms with Crippen LogP contribution < -0.4 is 4.74 Å². The number of hydrogen-bond acceptors (Lipinski definition) is 6.